The Bertz CT molecular complexity index is 427. The lowest BCUT2D eigenvalue weighted by molar-refractivity contribution is 0.158. The Morgan fingerprint density at radius 1 is 1.33 bits per heavy atom. The van der Waals surface area contributed by atoms with Crippen molar-refractivity contribution in [3.8, 4) is 0 Å². The predicted octanol–water partition coefficient (Wildman–Crippen LogP) is 6.47. The molecule has 1 aliphatic carbocycles. The number of thiophene rings is 1. The second-order valence-electron chi connectivity index (χ2n) is 7.11. The van der Waals surface area contributed by atoms with E-state index in [1.54, 1.807) is 0 Å². The van der Waals surface area contributed by atoms with Crippen molar-refractivity contribution in [1.29, 1.82) is 0 Å². The van der Waals surface area contributed by atoms with E-state index in [-0.39, 0.29) is 0 Å². The molecule has 0 amide bonds. The standard InChI is InChI=1S/C18H30BrNS/c1-5-10-20-17(16-11-15(19)14(4)21-16)18(12-13(2)3)8-6-7-9-18/h11,13,17,20H,5-10,12H2,1-4H3. The Kier molecular flexibility index (Phi) is 6.34. The van der Waals surface area contributed by atoms with Gasteiger partial charge >= 0.3 is 0 Å². The Balaban J connectivity index is 2.32. The zero-order valence-electron chi connectivity index (χ0n) is 14.0. The summed E-state index contributed by atoms with van der Waals surface area (Å²) < 4.78 is 1.28. The maximum Gasteiger partial charge on any atom is 0.0472 e. The van der Waals surface area contributed by atoms with Gasteiger partial charge < -0.3 is 5.32 Å². The average Bonchev–Trinajstić information content (AvgIpc) is 2.98. The van der Waals surface area contributed by atoms with Crippen LogP contribution in [0.15, 0.2) is 10.5 Å². The van der Waals surface area contributed by atoms with Gasteiger partial charge in [-0.05, 0) is 72.5 Å². The van der Waals surface area contributed by atoms with Gasteiger partial charge in [0.25, 0.3) is 0 Å². The molecule has 1 aliphatic rings. The zero-order chi connectivity index (χ0) is 15.5. The van der Waals surface area contributed by atoms with Crippen LogP contribution < -0.4 is 5.32 Å². The second kappa shape index (κ2) is 7.61. The Morgan fingerprint density at radius 2 is 2.00 bits per heavy atom. The quantitative estimate of drug-likeness (QED) is 0.579. The first-order valence-corrected chi connectivity index (χ1v) is 10.1. The van der Waals surface area contributed by atoms with Crippen LogP contribution in [-0.2, 0) is 0 Å². The predicted molar refractivity (Wildman–Crippen MR) is 98.1 cm³/mol. The van der Waals surface area contributed by atoms with Gasteiger partial charge in [-0.1, -0.05) is 33.6 Å². The fourth-order valence-electron chi connectivity index (χ4n) is 4.03. The molecule has 1 heterocycles. The van der Waals surface area contributed by atoms with Crippen molar-refractivity contribution in [2.45, 2.75) is 72.3 Å². The largest absolute Gasteiger partial charge is 0.309 e. The molecule has 1 atom stereocenters. The van der Waals surface area contributed by atoms with Gasteiger partial charge in [0, 0.05) is 20.3 Å². The van der Waals surface area contributed by atoms with E-state index < -0.39 is 0 Å². The summed E-state index contributed by atoms with van der Waals surface area (Å²) in [5, 5.41) is 3.90. The Labute approximate surface area is 143 Å². The van der Waals surface area contributed by atoms with E-state index in [0.717, 1.165) is 12.5 Å². The van der Waals surface area contributed by atoms with Gasteiger partial charge in [-0.2, -0.15) is 0 Å². The summed E-state index contributed by atoms with van der Waals surface area (Å²) in [5.41, 5.74) is 0.472. The first-order chi connectivity index (χ1) is 9.98. The SMILES string of the molecule is CCCNC(c1cc(Br)c(C)s1)C1(CC(C)C)CCCC1. The van der Waals surface area contributed by atoms with Crippen LogP contribution in [0.4, 0.5) is 0 Å². The van der Waals surface area contributed by atoms with Crippen LogP contribution in [0.25, 0.3) is 0 Å². The molecule has 1 fully saturated rings. The number of halogens is 1. The summed E-state index contributed by atoms with van der Waals surface area (Å²) in [4.78, 5) is 2.95. The minimum atomic E-state index is 0.472. The lowest BCUT2D eigenvalue weighted by Gasteiger charge is -2.39. The van der Waals surface area contributed by atoms with Gasteiger partial charge in [-0.3, -0.25) is 0 Å². The summed E-state index contributed by atoms with van der Waals surface area (Å²) in [7, 11) is 0. The Morgan fingerprint density at radius 3 is 2.48 bits per heavy atom. The van der Waals surface area contributed by atoms with E-state index in [0.29, 0.717) is 11.5 Å². The number of nitrogens with one attached hydrogen (secondary N) is 1. The fourth-order valence-corrected chi connectivity index (χ4v) is 5.81. The first-order valence-electron chi connectivity index (χ1n) is 8.47. The molecular weight excluding hydrogens is 342 g/mol. The minimum absolute atomic E-state index is 0.472. The normalized spacial score (nSPS) is 19.3. The molecular formula is C18H30BrNS. The molecule has 0 bridgehead atoms. The van der Waals surface area contributed by atoms with Gasteiger partial charge in [0.1, 0.15) is 0 Å². The summed E-state index contributed by atoms with van der Waals surface area (Å²) in [6, 6.07) is 2.91. The van der Waals surface area contributed by atoms with Crippen molar-refractivity contribution in [3.05, 3.63) is 20.3 Å². The molecule has 0 radical (unpaired) electrons. The van der Waals surface area contributed by atoms with Crippen LogP contribution in [0.2, 0.25) is 0 Å². The van der Waals surface area contributed by atoms with Gasteiger partial charge in [0.15, 0.2) is 0 Å². The third-order valence-electron chi connectivity index (χ3n) is 4.79. The van der Waals surface area contributed by atoms with Crippen molar-refractivity contribution >= 4 is 27.3 Å². The van der Waals surface area contributed by atoms with E-state index in [9.17, 15) is 0 Å². The second-order valence-corrected chi connectivity index (χ2v) is 9.25. The van der Waals surface area contributed by atoms with Gasteiger partial charge in [0.05, 0.1) is 0 Å². The molecule has 1 aromatic rings. The number of rotatable bonds is 7. The fraction of sp³-hybridized carbons (Fsp3) is 0.778. The van der Waals surface area contributed by atoms with Gasteiger partial charge in [0.2, 0.25) is 0 Å². The van der Waals surface area contributed by atoms with Crippen molar-refractivity contribution in [2.24, 2.45) is 11.3 Å². The van der Waals surface area contributed by atoms with Crippen molar-refractivity contribution in [2.75, 3.05) is 6.54 Å². The van der Waals surface area contributed by atoms with E-state index in [1.165, 1.54) is 52.8 Å². The van der Waals surface area contributed by atoms with Crippen molar-refractivity contribution in [3.63, 3.8) is 0 Å². The van der Waals surface area contributed by atoms with Crippen LogP contribution in [0.1, 0.15) is 75.1 Å². The zero-order valence-corrected chi connectivity index (χ0v) is 16.4. The highest BCUT2D eigenvalue weighted by Gasteiger charge is 2.42. The molecule has 0 saturated heterocycles. The molecule has 1 unspecified atom stereocenters. The lowest BCUT2D eigenvalue weighted by Crippen LogP contribution is -2.37. The van der Waals surface area contributed by atoms with Gasteiger partial charge in [-0.15, -0.1) is 11.3 Å². The van der Waals surface area contributed by atoms with Crippen LogP contribution in [0.5, 0.6) is 0 Å². The Hall–Kier alpha value is 0.140. The maximum absolute atomic E-state index is 3.90. The molecule has 1 nitrogen and oxygen atoms in total. The van der Waals surface area contributed by atoms with Crippen LogP contribution in [0.3, 0.4) is 0 Å². The molecule has 1 saturated carbocycles. The smallest absolute Gasteiger partial charge is 0.0472 e. The summed E-state index contributed by atoms with van der Waals surface area (Å²) >= 11 is 5.69. The highest BCUT2D eigenvalue weighted by molar-refractivity contribution is 9.10. The molecule has 0 aliphatic heterocycles. The van der Waals surface area contributed by atoms with E-state index in [4.69, 9.17) is 0 Å². The minimum Gasteiger partial charge on any atom is -0.309 e. The van der Waals surface area contributed by atoms with Crippen LogP contribution in [-0.4, -0.2) is 6.54 Å². The highest BCUT2D eigenvalue weighted by Crippen LogP contribution is 2.53. The van der Waals surface area contributed by atoms with Crippen molar-refractivity contribution in [1.82, 2.24) is 5.32 Å². The molecule has 120 valence electrons. The number of hydrogen-bond acceptors (Lipinski definition) is 2. The van der Waals surface area contributed by atoms with E-state index in [2.05, 4.69) is 55.0 Å². The summed E-state index contributed by atoms with van der Waals surface area (Å²) in [5.74, 6) is 0.776. The highest BCUT2D eigenvalue weighted by atomic mass is 79.9. The topological polar surface area (TPSA) is 12.0 Å². The molecule has 21 heavy (non-hydrogen) atoms. The molecule has 3 heteroatoms. The number of aryl methyl sites for hydroxylation is 1. The molecule has 0 spiro atoms. The average molecular weight is 372 g/mol. The summed E-state index contributed by atoms with van der Waals surface area (Å²) in [6.07, 6.45) is 8.15. The van der Waals surface area contributed by atoms with Crippen molar-refractivity contribution < 1.29 is 0 Å². The summed E-state index contributed by atoms with van der Waals surface area (Å²) in [6.45, 7) is 10.4. The molecule has 1 aromatic heterocycles. The van der Waals surface area contributed by atoms with Crippen LogP contribution in [0, 0.1) is 18.3 Å². The monoisotopic (exact) mass is 371 g/mol. The van der Waals surface area contributed by atoms with Crippen LogP contribution >= 0.6 is 27.3 Å². The molecule has 0 aromatic carbocycles. The van der Waals surface area contributed by atoms with E-state index in [1.807, 2.05) is 11.3 Å². The van der Waals surface area contributed by atoms with E-state index >= 15 is 0 Å². The molecule has 2 rings (SSSR count). The molecule has 1 N–H and O–H groups in total. The number of hydrogen-bond donors (Lipinski definition) is 1. The third-order valence-corrected chi connectivity index (χ3v) is 6.99. The third kappa shape index (κ3) is 4.11. The first kappa shape index (κ1) is 17.5. The lowest BCUT2D eigenvalue weighted by atomic mass is 9.72. The van der Waals surface area contributed by atoms with Gasteiger partial charge in [-0.25, -0.2) is 0 Å². The maximum atomic E-state index is 3.90.